The number of hydrogen-bond donors (Lipinski definition) is 1. The molecular weight excluding hydrogens is 412 g/mol. The second kappa shape index (κ2) is 9.79. The highest BCUT2D eigenvalue weighted by Gasteiger charge is 2.16. The first-order valence-corrected chi connectivity index (χ1v) is 10.6. The van der Waals surface area contributed by atoms with E-state index >= 15 is 0 Å². The van der Waals surface area contributed by atoms with Crippen LogP contribution >= 0.6 is 11.6 Å². The van der Waals surface area contributed by atoms with E-state index in [0.717, 1.165) is 50.6 Å². The second-order valence-electron chi connectivity index (χ2n) is 7.31. The van der Waals surface area contributed by atoms with E-state index in [4.69, 9.17) is 16.9 Å². The molecule has 4 heterocycles. The zero-order valence-corrected chi connectivity index (χ0v) is 18.0. The molecule has 0 spiro atoms. The van der Waals surface area contributed by atoms with Crippen LogP contribution in [0.1, 0.15) is 18.2 Å². The average Bonchev–Trinajstić information content (AvgIpc) is 2.81. The first kappa shape index (κ1) is 21.1. The standard InChI is InChI=1S/C22H23ClN8/c1-2-30-7-9-31(10-8-30)15-19-4-3-18(14-26-19)28-22-25-6-5-20(29-22)17-11-16(12-24)21(23)27-13-17/h3-6,11,13-14H,2,7-10,15H2,1H3,(H,25,28,29). The van der Waals surface area contributed by atoms with Gasteiger partial charge in [-0.3, -0.25) is 9.88 Å². The van der Waals surface area contributed by atoms with E-state index in [2.05, 4.69) is 42.0 Å². The van der Waals surface area contributed by atoms with Crippen molar-refractivity contribution < 1.29 is 0 Å². The van der Waals surface area contributed by atoms with Crippen LogP contribution in [0.15, 0.2) is 42.9 Å². The highest BCUT2D eigenvalue weighted by atomic mass is 35.5. The number of nitrogens with one attached hydrogen (secondary N) is 1. The molecule has 9 heteroatoms. The number of anilines is 2. The van der Waals surface area contributed by atoms with Crippen molar-refractivity contribution in [2.45, 2.75) is 13.5 Å². The molecule has 0 amide bonds. The normalized spacial score (nSPS) is 14.9. The minimum Gasteiger partial charge on any atom is -0.323 e. The van der Waals surface area contributed by atoms with Crippen LogP contribution in [0.4, 0.5) is 11.6 Å². The summed E-state index contributed by atoms with van der Waals surface area (Å²) < 4.78 is 0. The van der Waals surface area contributed by atoms with Gasteiger partial charge in [-0.2, -0.15) is 5.26 Å². The largest absolute Gasteiger partial charge is 0.323 e. The number of rotatable bonds is 6. The molecule has 0 bridgehead atoms. The Labute approximate surface area is 186 Å². The molecular formula is C22H23ClN8. The van der Waals surface area contributed by atoms with Gasteiger partial charge in [0.05, 0.1) is 28.8 Å². The van der Waals surface area contributed by atoms with E-state index in [-0.39, 0.29) is 5.15 Å². The van der Waals surface area contributed by atoms with Gasteiger partial charge < -0.3 is 10.2 Å². The highest BCUT2D eigenvalue weighted by molar-refractivity contribution is 6.30. The number of likely N-dealkylation sites (N-methyl/N-ethyl adjacent to an activating group) is 1. The van der Waals surface area contributed by atoms with Crippen LogP contribution in [0.3, 0.4) is 0 Å². The molecule has 1 N–H and O–H groups in total. The van der Waals surface area contributed by atoms with Gasteiger partial charge in [0.2, 0.25) is 5.95 Å². The number of aromatic nitrogens is 4. The Kier molecular flexibility index (Phi) is 6.67. The Hall–Kier alpha value is -3.12. The van der Waals surface area contributed by atoms with Crippen molar-refractivity contribution in [1.82, 2.24) is 29.7 Å². The molecule has 3 aromatic heterocycles. The van der Waals surface area contributed by atoms with E-state index in [1.54, 1.807) is 30.7 Å². The zero-order chi connectivity index (χ0) is 21.6. The molecule has 0 radical (unpaired) electrons. The Morgan fingerprint density at radius 3 is 2.58 bits per heavy atom. The fraction of sp³-hybridized carbons (Fsp3) is 0.318. The third-order valence-electron chi connectivity index (χ3n) is 5.29. The third kappa shape index (κ3) is 5.33. The topological polar surface area (TPSA) is 93.9 Å². The Morgan fingerprint density at radius 2 is 1.87 bits per heavy atom. The fourth-order valence-electron chi connectivity index (χ4n) is 3.46. The smallest absolute Gasteiger partial charge is 0.227 e. The summed E-state index contributed by atoms with van der Waals surface area (Å²) in [5.41, 5.74) is 3.50. The van der Waals surface area contributed by atoms with Crippen molar-refractivity contribution in [2.75, 3.05) is 38.0 Å². The molecule has 0 saturated carbocycles. The summed E-state index contributed by atoms with van der Waals surface area (Å²) in [5, 5.41) is 12.5. The van der Waals surface area contributed by atoms with Crippen LogP contribution in [0.2, 0.25) is 5.15 Å². The molecule has 1 aliphatic rings. The zero-order valence-electron chi connectivity index (χ0n) is 17.3. The summed E-state index contributed by atoms with van der Waals surface area (Å²) in [4.78, 5) is 22.3. The number of nitriles is 1. The lowest BCUT2D eigenvalue weighted by molar-refractivity contribution is 0.131. The average molecular weight is 435 g/mol. The molecule has 3 aromatic rings. The molecule has 0 aliphatic carbocycles. The molecule has 8 nitrogen and oxygen atoms in total. The van der Waals surface area contributed by atoms with Crippen molar-refractivity contribution >= 4 is 23.2 Å². The molecule has 0 unspecified atom stereocenters. The van der Waals surface area contributed by atoms with Crippen LogP contribution in [0, 0.1) is 11.3 Å². The molecule has 0 aromatic carbocycles. The highest BCUT2D eigenvalue weighted by Crippen LogP contribution is 2.22. The van der Waals surface area contributed by atoms with Gasteiger partial charge in [0.25, 0.3) is 0 Å². The van der Waals surface area contributed by atoms with Gasteiger partial charge in [0.1, 0.15) is 11.2 Å². The van der Waals surface area contributed by atoms with E-state index in [1.165, 1.54) is 0 Å². The Bertz CT molecular complexity index is 1070. The van der Waals surface area contributed by atoms with Crippen molar-refractivity contribution in [2.24, 2.45) is 0 Å². The van der Waals surface area contributed by atoms with Gasteiger partial charge in [0, 0.05) is 50.7 Å². The maximum atomic E-state index is 9.16. The lowest BCUT2D eigenvalue weighted by atomic mass is 10.1. The maximum Gasteiger partial charge on any atom is 0.227 e. The molecule has 1 fully saturated rings. The summed E-state index contributed by atoms with van der Waals surface area (Å²) >= 11 is 5.92. The van der Waals surface area contributed by atoms with Crippen LogP contribution in [0.5, 0.6) is 0 Å². The Morgan fingerprint density at radius 1 is 1.06 bits per heavy atom. The second-order valence-corrected chi connectivity index (χ2v) is 7.67. The number of halogens is 1. The molecule has 0 atom stereocenters. The van der Waals surface area contributed by atoms with Crippen molar-refractivity contribution in [3.63, 3.8) is 0 Å². The van der Waals surface area contributed by atoms with E-state index in [0.29, 0.717) is 22.8 Å². The van der Waals surface area contributed by atoms with Crippen LogP contribution < -0.4 is 5.32 Å². The SMILES string of the molecule is CCN1CCN(Cc2ccc(Nc3nccc(-c4cnc(Cl)c(C#N)c4)n3)cn2)CC1. The summed E-state index contributed by atoms with van der Waals surface area (Å²) in [7, 11) is 0. The van der Waals surface area contributed by atoms with E-state index in [1.807, 2.05) is 18.2 Å². The maximum absolute atomic E-state index is 9.16. The first-order valence-electron chi connectivity index (χ1n) is 10.2. The molecule has 1 saturated heterocycles. The predicted octanol–water partition coefficient (Wildman–Crippen LogP) is 3.34. The summed E-state index contributed by atoms with van der Waals surface area (Å²) in [6, 6.07) is 9.47. The van der Waals surface area contributed by atoms with Gasteiger partial charge in [-0.15, -0.1) is 0 Å². The first-order chi connectivity index (χ1) is 15.1. The molecule has 4 rings (SSSR count). The fourth-order valence-corrected chi connectivity index (χ4v) is 3.61. The van der Waals surface area contributed by atoms with Crippen molar-refractivity contribution in [3.8, 4) is 17.3 Å². The van der Waals surface area contributed by atoms with Gasteiger partial charge in [-0.25, -0.2) is 15.0 Å². The monoisotopic (exact) mass is 434 g/mol. The van der Waals surface area contributed by atoms with Crippen molar-refractivity contribution in [3.05, 3.63) is 59.3 Å². The van der Waals surface area contributed by atoms with Crippen LogP contribution in [-0.2, 0) is 6.54 Å². The lowest BCUT2D eigenvalue weighted by Crippen LogP contribution is -2.45. The van der Waals surface area contributed by atoms with Crippen LogP contribution in [-0.4, -0.2) is 62.5 Å². The number of nitrogens with zero attached hydrogens (tertiary/aromatic N) is 7. The number of hydrogen-bond acceptors (Lipinski definition) is 8. The Balaban J connectivity index is 1.41. The third-order valence-corrected chi connectivity index (χ3v) is 5.59. The van der Waals surface area contributed by atoms with E-state index in [9.17, 15) is 0 Å². The lowest BCUT2D eigenvalue weighted by Gasteiger charge is -2.33. The number of piperazine rings is 1. The summed E-state index contributed by atoms with van der Waals surface area (Å²) in [6.45, 7) is 8.55. The minimum atomic E-state index is 0.178. The van der Waals surface area contributed by atoms with Gasteiger partial charge in [0.15, 0.2) is 0 Å². The van der Waals surface area contributed by atoms with E-state index < -0.39 is 0 Å². The molecule has 1 aliphatic heterocycles. The molecule has 158 valence electrons. The number of pyridine rings is 2. The summed E-state index contributed by atoms with van der Waals surface area (Å²) in [6.07, 6.45) is 5.04. The van der Waals surface area contributed by atoms with Gasteiger partial charge in [-0.05, 0) is 30.8 Å². The summed E-state index contributed by atoms with van der Waals surface area (Å²) in [5.74, 6) is 0.441. The minimum absolute atomic E-state index is 0.178. The molecule has 31 heavy (non-hydrogen) atoms. The quantitative estimate of drug-likeness (QED) is 0.590. The van der Waals surface area contributed by atoms with Crippen LogP contribution in [0.25, 0.3) is 11.3 Å². The van der Waals surface area contributed by atoms with Crippen molar-refractivity contribution in [1.29, 1.82) is 5.26 Å². The van der Waals surface area contributed by atoms with Gasteiger partial charge >= 0.3 is 0 Å². The predicted molar refractivity (Wildman–Crippen MR) is 120 cm³/mol. The van der Waals surface area contributed by atoms with Gasteiger partial charge in [-0.1, -0.05) is 18.5 Å².